The van der Waals surface area contributed by atoms with Crippen molar-refractivity contribution in [3.05, 3.63) is 77.9 Å². The fourth-order valence-electron chi connectivity index (χ4n) is 2.63. The van der Waals surface area contributed by atoms with Gasteiger partial charge in [-0.1, -0.05) is 41.6 Å². The molecule has 0 aliphatic heterocycles. The van der Waals surface area contributed by atoms with Gasteiger partial charge in [-0.15, -0.1) is 10.2 Å². The largest absolute Gasteiger partial charge is 0.467 e. The molecule has 126 valence electrons. The lowest BCUT2D eigenvalue weighted by Crippen LogP contribution is -2.03. The second kappa shape index (κ2) is 7.03. The zero-order chi connectivity index (χ0) is 17.1. The van der Waals surface area contributed by atoms with E-state index in [4.69, 9.17) is 8.83 Å². The molecule has 3 aromatic heterocycles. The molecule has 4 aromatic rings. The Kier molecular flexibility index (Phi) is 4.43. The van der Waals surface area contributed by atoms with Gasteiger partial charge in [0.15, 0.2) is 10.9 Å². The van der Waals surface area contributed by atoms with E-state index in [1.54, 1.807) is 24.3 Å². The third-order valence-corrected chi connectivity index (χ3v) is 4.84. The number of furan rings is 2. The third-order valence-electron chi connectivity index (χ3n) is 3.80. The first-order valence-electron chi connectivity index (χ1n) is 7.97. The lowest BCUT2D eigenvalue weighted by Gasteiger charge is -2.08. The van der Waals surface area contributed by atoms with Crippen LogP contribution in [0.3, 0.4) is 0 Å². The van der Waals surface area contributed by atoms with E-state index in [1.165, 1.54) is 11.1 Å². The Labute approximate surface area is 149 Å². The average Bonchev–Trinajstić information content (AvgIpc) is 3.36. The monoisotopic (exact) mass is 351 g/mol. The molecule has 0 N–H and O–H groups in total. The molecule has 1 aromatic carbocycles. The molecule has 0 bridgehead atoms. The van der Waals surface area contributed by atoms with Crippen molar-refractivity contribution in [1.82, 2.24) is 14.8 Å². The van der Waals surface area contributed by atoms with Crippen molar-refractivity contribution < 1.29 is 8.83 Å². The van der Waals surface area contributed by atoms with Crippen molar-refractivity contribution in [2.24, 2.45) is 0 Å². The summed E-state index contributed by atoms with van der Waals surface area (Å²) in [6, 6.07) is 16.1. The molecule has 6 heteroatoms. The van der Waals surface area contributed by atoms with Crippen LogP contribution in [0.5, 0.6) is 0 Å². The van der Waals surface area contributed by atoms with Gasteiger partial charge in [0.05, 0.1) is 19.1 Å². The summed E-state index contributed by atoms with van der Waals surface area (Å²) in [7, 11) is 0. The van der Waals surface area contributed by atoms with Gasteiger partial charge in [-0.25, -0.2) is 0 Å². The Morgan fingerprint density at radius 3 is 2.64 bits per heavy atom. The van der Waals surface area contributed by atoms with Crippen molar-refractivity contribution >= 4 is 11.8 Å². The highest BCUT2D eigenvalue weighted by atomic mass is 32.2. The van der Waals surface area contributed by atoms with E-state index < -0.39 is 0 Å². The Morgan fingerprint density at radius 2 is 1.88 bits per heavy atom. The van der Waals surface area contributed by atoms with Crippen molar-refractivity contribution in [3.8, 4) is 11.6 Å². The summed E-state index contributed by atoms with van der Waals surface area (Å²) >= 11 is 1.65. The molecule has 0 saturated carbocycles. The molecule has 0 atom stereocenters. The van der Waals surface area contributed by atoms with Gasteiger partial charge in [0.2, 0.25) is 5.82 Å². The SMILES string of the molecule is Cc1cccc(CSc2nnc(-c3ccco3)n2Cc2ccco2)c1. The van der Waals surface area contributed by atoms with Gasteiger partial charge in [0.1, 0.15) is 5.76 Å². The molecule has 0 spiro atoms. The predicted molar refractivity (Wildman–Crippen MR) is 96.3 cm³/mol. The zero-order valence-corrected chi connectivity index (χ0v) is 14.6. The predicted octanol–water partition coefficient (Wildman–Crippen LogP) is 4.78. The van der Waals surface area contributed by atoms with Gasteiger partial charge in [-0.2, -0.15) is 0 Å². The van der Waals surface area contributed by atoms with Crippen LogP contribution in [0, 0.1) is 6.92 Å². The highest BCUT2D eigenvalue weighted by Gasteiger charge is 2.17. The Balaban J connectivity index is 1.62. The molecule has 3 heterocycles. The molecule has 5 nitrogen and oxygen atoms in total. The van der Waals surface area contributed by atoms with Crippen LogP contribution in [0.4, 0.5) is 0 Å². The Bertz CT molecular complexity index is 943. The van der Waals surface area contributed by atoms with Crippen LogP contribution in [0.15, 0.2) is 75.0 Å². The first-order chi connectivity index (χ1) is 12.3. The number of hydrogen-bond donors (Lipinski definition) is 0. The van der Waals surface area contributed by atoms with Gasteiger partial charge in [0, 0.05) is 5.75 Å². The van der Waals surface area contributed by atoms with Gasteiger partial charge in [-0.3, -0.25) is 4.57 Å². The lowest BCUT2D eigenvalue weighted by molar-refractivity contribution is 0.482. The van der Waals surface area contributed by atoms with Crippen LogP contribution < -0.4 is 0 Å². The van der Waals surface area contributed by atoms with Crippen molar-refractivity contribution in [1.29, 1.82) is 0 Å². The topological polar surface area (TPSA) is 57.0 Å². The third kappa shape index (κ3) is 3.53. The summed E-state index contributed by atoms with van der Waals surface area (Å²) in [5.41, 5.74) is 2.52. The van der Waals surface area contributed by atoms with Crippen LogP contribution in [0.25, 0.3) is 11.6 Å². The Morgan fingerprint density at radius 1 is 1.00 bits per heavy atom. The van der Waals surface area contributed by atoms with Crippen molar-refractivity contribution in [2.45, 2.75) is 24.4 Å². The van der Waals surface area contributed by atoms with Crippen LogP contribution >= 0.6 is 11.8 Å². The van der Waals surface area contributed by atoms with Crippen LogP contribution in [-0.4, -0.2) is 14.8 Å². The maximum atomic E-state index is 5.51. The fourth-order valence-corrected chi connectivity index (χ4v) is 3.52. The molecular weight excluding hydrogens is 334 g/mol. The normalized spacial score (nSPS) is 11.1. The van der Waals surface area contributed by atoms with Gasteiger partial charge < -0.3 is 8.83 Å². The molecule has 0 fully saturated rings. The fraction of sp³-hybridized carbons (Fsp3) is 0.158. The van der Waals surface area contributed by atoms with E-state index >= 15 is 0 Å². The minimum Gasteiger partial charge on any atom is -0.467 e. The highest BCUT2D eigenvalue weighted by Crippen LogP contribution is 2.27. The minimum atomic E-state index is 0.562. The second-order valence-corrected chi connectivity index (χ2v) is 6.67. The van der Waals surface area contributed by atoms with E-state index in [0.29, 0.717) is 18.1 Å². The van der Waals surface area contributed by atoms with E-state index in [9.17, 15) is 0 Å². The van der Waals surface area contributed by atoms with E-state index in [0.717, 1.165) is 16.7 Å². The van der Waals surface area contributed by atoms with Gasteiger partial charge in [0.25, 0.3) is 0 Å². The molecule has 0 radical (unpaired) electrons. The number of nitrogens with zero attached hydrogens (tertiary/aromatic N) is 3. The van der Waals surface area contributed by atoms with Gasteiger partial charge in [-0.05, 0) is 36.8 Å². The number of benzene rings is 1. The molecule has 25 heavy (non-hydrogen) atoms. The number of aromatic nitrogens is 3. The summed E-state index contributed by atoms with van der Waals surface area (Å²) in [6.45, 7) is 2.66. The highest BCUT2D eigenvalue weighted by molar-refractivity contribution is 7.98. The number of hydrogen-bond acceptors (Lipinski definition) is 5. The quantitative estimate of drug-likeness (QED) is 0.468. The molecule has 0 unspecified atom stereocenters. The molecule has 0 saturated heterocycles. The molecule has 0 amide bonds. The first kappa shape index (κ1) is 15.8. The maximum Gasteiger partial charge on any atom is 0.200 e. The molecular formula is C19H17N3O2S. The number of rotatable bonds is 6. The van der Waals surface area contributed by atoms with Crippen molar-refractivity contribution in [2.75, 3.05) is 0 Å². The van der Waals surface area contributed by atoms with E-state index in [1.807, 2.05) is 28.8 Å². The summed E-state index contributed by atoms with van der Waals surface area (Å²) < 4.78 is 13.0. The average molecular weight is 351 g/mol. The summed E-state index contributed by atoms with van der Waals surface area (Å²) in [5.74, 6) is 3.08. The van der Waals surface area contributed by atoms with Crippen LogP contribution in [-0.2, 0) is 12.3 Å². The van der Waals surface area contributed by atoms with E-state index in [2.05, 4.69) is 41.4 Å². The smallest absolute Gasteiger partial charge is 0.200 e. The molecule has 4 rings (SSSR count). The standard InChI is InChI=1S/C19H17N3O2S/c1-14-5-2-6-15(11-14)13-25-19-21-20-18(17-8-4-10-24-17)22(19)12-16-7-3-9-23-16/h2-11H,12-13H2,1H3. The molecule has 0 aliphatic rings. The summed E-state index contributed by atoms with van der Waals surface area (Å²) in [5, 5.41) is 9.53. The van der Waals surface area contributed by atoms with Crippen LogP contribution in [0.2, 0.25) is 0 Å². The van der Waals surface area contributed by atoms with E-state index in [-0.39, 0.29) is 0 Å². The summed E-state index contributed by atoms with van der Waals surface area (Å²) in [4.78, 5) is 0. The number of aryl methyl sites for hydroxylation is 1. The lowest BCUT2D eigenvalue weighted by atomic mass is 10.2. The van der Waals surface area contributed by atoms with Crippen molar-refractivity contribution in [3.63, 3.8) is 0 Å². The van der Waals surface area contributed by atoms with Gasteiger partial charge >= 0.3 is 0 Å². The zero-order valence-electron chi connectivity index (χ0n) is 13.8. The second-order valence-electron chi connectivity index (χ2n) is 5.73. The minimum absolute atomic E-state index is 0.562. The molecule has 0 aliphatic carbocycles. The Hall–Kier alpha value is -2.73. The number of thioether (sulfide) groups is 1. The van der Waals surface area contributed by atoms with Crippen LogP contribution in [0.1, 0.15) is 16.9 Å². The maximum absolute atomic E-state index is 5.51. The summed E-state index contributed by atoms with van der Waals surface area (Å²) in [6.07, 6.45) is 3.31. The first-order valence-corrected chi connectivity index (χ1v) is 8.96.